The van der Waals surface area contributed by atoms with E-state index >= 15 is 0 Å². The molecule has 3 rings (SSSR count). The van der Waals surface area contributed by atoms with Gasteiger partial charge in [0.2, 0.25) is 5.91 Å². The molecule has 25 heavy (non-hydrogen) atoms. The molecule has 0 unspecified atom stereocenters. The lowest BCUT2D eigenvalue weighted by atomic mass is 9.92. The predicted octanol–water partition coefficient (Wildman–Crippen LogP) is 2.77. The molecular weight excluding hydrogens is 316 g/mol. The van der Waals surface area contributed by atoms with Gasteiger partial charge in [-0.05, 0) is 42.2 Å². The van der Waals surface area contributed by atoms with Gasteiger partial charge < -0.3 is 20.1 Å². The standard InChI is InChI=1S/C20H24N2O3/c1-13(14-7-5-4-6-8-14)22-20(23)19-16-12-18(25-3)17(24-2)11-15(16)9-10-21-19/h4-8,11-13,19,21H,9-10H2,1-3H3,(H,22,23)/t13-,19-/m0/s1. The fraction of sp³-hybridized carbons (Fsp3) is 0.350. The van der Waals surface area contributed by atoms with E-state index in [4.69, 9.17) is 9.47 Å². The van der Waals surface area contributed by atoms with Gasteiger partial charge in [0.25, 0.3) is 0 Å². The molecule has 0 aromatic heterocycles. The number of fused-ring (bicyclic) bond motifs is 1. The summed E-state index contributed by atoms with van der Waals surface area (Å²) < 4.78 is 10.8. The molecule has 5 nitrogen and oxygen atoms in total. The van der Waals surface area contributed by atoms with Crippen molar-refractivity contribution in [2.24, 2.45) is 0 Å². The number of benzene rings is 2. The van der Waals surface area contributed by atoms with Crippen molar-refractivity contribution >= 4 is 5.91 Å². The van der Waals surface area contributed by atoms with Crippen LogP contribution in [0.2, 0.25) is 0 Å². The molecule has 0 radical (unpaired) electrons. The third-order valence-electron chi connectivity index (χ3n) is 4.62. The first kappa shape index (κ1) is 17.3. The normalized spacial score (nSPS) is 17.3. The minimum absolute atomic E-state index is 0.0375. The Kier molecular flexibility index (Phi) is 5.24. The molecule has 0 saturated carbocycles. The molecule has 2 aromatic rings. The third-order valence-corrected chi connectivity index (χ3v) is 4.62. The first-order valence-electron chi connectivity index (χ1n) is 8.47. The monoisotopic (exact) mass is 340 g/mol. The molecule has 132 valence electrons. The van der Waals surface area contributed by atoms with E-state index in [-0.39, 0.29) is 11.9 Å². The van der Waals surface area contributed by atoms with Crippen molar-refractivity contribution in [1.82, 2.24) is 10.6 Å². The van der Waals surface area contributed by atoms with Crippen LogP contribution in [-0.2, 0) is 11.2 Å². The number of carbonyl (C=O) groups is 1. The summed E-state index contributed by atoms with van der Waals surface area (Å²) in [5.74, 6) is 1.29. The van der Waals surface area contributed by atoms with Crippen molar-refractivity contribution in [3.8, 4) is 11.5 Å². The highest BCUT2D eigenvalue weighted by molar-refractivity contribution is 5.84. The maximum Gasteiger partial charge on any atom is 0.242 e. The predicted molar refractivity (Wildman–Crippen MR) is 97.0 cm³/mol. The molecule has 2 N–H and O–H groups in total. The van der Waals surface area contributed by atoms with Gasteiger partial charge in [0, 0.05) is 6.54 Å². The van der Waals surface area contributed by atoms with Crippen LogP contribution < -0.4 is 20.1 Å². The summed E-state index contributed by atoms with van der Waals surface area (Å²) in [5, 5.41) is 6.41. The van der Waals surface area contributed by atoms with Gasteiger partial charge in [-0.3, -0.25) is 4.79 Å². The Morgan fingerprint density at radius 3 is 2.52 bits per heavy atom. The Morgan fingerprint density at radius 1 is 1.16 bits per heavy atom. The molecule has 2 atom stereocenters. The minimum atomic E-state index is -0.394. The Bertz CT molecular complexity index is 746. The van der Waals surface area contributed by atoms with Gasteiger partial charge >= 0.3 is 0 Å². The second-order valence-corrected chi connectivity index (χ2v) is 6.18. The summed E-state index contributed by atoms with van der Waals surface area (Å²) in [7, 11) is 3.23. The summed E-state index contributed by atoms with van der Waals surface area (Å²) in [6, 6.07) is 13.4. The van der Waals surface area contributed by atoms with E-state index in [1.807, 2.05) is 49.4 Å². The van der Waals surface area contributed by atoms with E-state index in [0.717, 1.165) is 29.7 Å². The molecule has 1 aliphatic rings. The summed E-state index contributed by atoms with van der Waals surface area (Å²) >= 11 is 0. The number of hydrogen-bond donors (Lipinski definition) is 2. The lowest BCUT2D eigenvalue weighted by Gasteiger charge is -2.28. The highest BCUT2D eigenvalue weighted by Gasteiger charge is 2.28. The average Bonchev–Trinajstić information content (AvgIpc) is 2.66. The Morgan fingerprint density at radius 2 is 1.84 bits per heavy atom. The third kappa shape index (κ3) is 3.61. The van der Waals surface area contributed by atoms with Gasteiger partial charge in [0.05, 0.1) is 20.3 Å². The van der Waals surface area contributed by atoms with Crippen molar-refractivity contribution in [2.75, 3.05) is 20.8 Å². The largest absolute Gasteiger partial charge is 0.493 e. The fourth-order valence-corrected chi connectivity index (χ4v) is 3.24. The second kappa shape index (κ2) is 7.57. The number of amides is 1. The van der Waals surface area contributed by atoms with Crippen molar-refractivity contribution in [3.05, 3.63) is 59.2 Å². The summed E-state index contributed by atoms with van der Waals surface area (Å²) in [6.45, 7) is 2.74. The second-order valence-electron chi connectivity index (χ2n) is 6.18. The van der Waals surface area contributed by atoms with E-state index in [9.17, 15) is 4.79 Å². The van der Waals surface area contributed by atoms with Crippen LogP contribution in [0.4, 0.5) is 0 Å². The van der Waals surface area contributed by atoms with Gasteiger partial charge in [-0.2, -0.15) is 0 Å². The number of carbonyl (C=O) groups excluding carboxylic acids is 1. The minimum Gasteiger partial charge on any atom is -0.493 e. The molecular formula is C20H24N2O3. The van der Waals surface area contributed by atoms with Crippen LogP contribution in [0, 0.1) is 0 Å². The first-order chi connectivity index (χ1) is 12.1. The molecule has 0 spiro atoms. The molecule has 0 saturated heterocycles. The van der Waals surface area contributed by atoms with Gasteiger partial charge in [0.15, 0.2) is 11.5 Å². The van der Waals surface area contributed by atoms with Crippen molar-refractivity contribution in [3.63, 3.8) is 0 Å². The Labute approximate surface area is 148 Å². The molecule has 1 aliphatic heterocycles. The van der Waals surface area contributed by atoms with E-state index in [1.54, 1.807) is 14.2 Å². The van der Waals surface area contributed by atoms with Gasteiger partial charge in [-0.25, -0.2) is 0 Å². The molecule has 0 bridgehead atoms. The van der Waals surface area contributed by atoms with Crippen molar-refractivity contribution in [2.45, 2.75) is 25.4 Å². The van der Waals surface area contributed by atoms with Crippen LogP contribution in [0.25, 0.3) is 0 Å². The highest BCUT2D eigenvalue weighted by Crippen LogP contribution is 2.35. The fourth-order valence-electron chi connectivity index (χ4n) is 3.24. The van der Waals surface area contributed by atoms with E-state index in [1.165, 1.54) is 0 Å². The molecule has 2 aromatic carbocycles. The van der Waals surface area contributed by atoms with E-state index in [2.05, 4.69) is 10.6 Å². The van der Waals surface area contributed by atoms with Crippen LogP contribution in [0.3, 0.4) is 0 Å². The zero-order chi connectivity index (χ0) is 17.8. The maximum atomic E-state index is 12.9. The van der Waals surface area contributed by atoms with Crippen LogP contribution in [-0.4, -0.2) is 26.7 Å². The van der Waals surface area contributed by atoms with Gasteiger partial charge in [0.1, 0.15) is 6.04 Å². The van der Waals surface area contributed by atoms with Gasteiger partial charge in [-0.15, -0.1) is 0 Å². The molecule has 1 amide bonds. The van der Waals surface area contributed by atoms with Crippen molar-refractivity contribution in [1.29, 1.82) is 0 Å². The first-order valence-corrected chi connectivity index (χ1v) is 8.47. The molecule has 5 heteroatoms. The molecule has 0 fully saturated rings. The maximum absolute atomic E-state index is 12.9. The number of methoxy groups -OCH3 is 2. The summed E-state index contributed by atoms with van der Waals surface area (Å²) in [4.78, 5) is 12.9. The highest BCUT2D eigenvalue weighted by atomic mass is 16.5. The van der Waals surface area contributed by atoms with E-state index < -0.39 is 6.04 Å². The quantitative estimate of drug-likeness (QED) is 0.879. The Hall–Kier alpha value is -2.53. The summed E-state index contributed by atoms with van der Waals surface area (Å²) in [6.07, 6.45) is 0.855. The number of hydrogen-bond acceptors (Lipinski definition) is 4. The Balaban J connectivity index is 1.83. The number of nitrogens with one attached hydrogen (secondary N) is 2. The number of rotatable bonds is 5. The topological polar surface area (TPSA) is 59.6 Å². The smallest absolute Gasteiger partial charge is 0.242 e. The molecule has 0 aliphatic carbocycles. The van der Waals surface area contributed by atoms with Gasteiger partial charge in [-0.1, -0.05) is 30.3 Å². The summed E-state index contributed by atoms with van der Waals surface area (Å²) in [5.41, 5.74) is 3.14. The van der Waals surface area contributed by atoms with Crippen LogP contribution in [0.1, 0.15) is 35.7 Å². The average molecular weight is 340 g/mol. The molecule has 1 heterocycles. The lowest BCUT2D eigenvalue weighted by molar-refractivity contribution is -0.124. The van der Waals surface area contributed by atoms with E-state index in [0.29, 0.717) is 11.5 Å². The SMILES string of the molecule is COc1cc2c(cc1OC)[C@@H](C(=O)N[C@@H](C)c1ccccc1)NCC2. The van der Waals surface area contributed by atoms with Crippen LogP contribution >= 0.6 is 0 Å². The lowest BCUT2D eigenvalue weighted by Crippen LogP contribution is -2.42. The van der Waals surface area contributed by atoms with Crippen molar-refractivity contribution < 1.29 is 14.3 Å². The number of ether oxygens (including phenoxy) is 2. The van der Waals surface area contributed by atoms with Crippen LogP contribution in [0.15, 0.2) is 42.5 Å². The van der Waals surface area contributed by atoms with Crippen LogP contribution in [0.5, 0.6) is 11.5 Å². The zero-order valence-electron chi connectivity index (χ0n) is 14.8. The zero-order valence-corrected chi connectivity index (χ0v) is 14.8.